The molecule has 0 saturated carbocycles. The van der Waals surface area contributed by atoms with Crippen molar-refractivity contribution in [3.63, 3.8) is 0 Å². The van der Waals surface area contributed by atoms with Crippen molar-refractivity contribution < 1.29 is 27.8 Å². The van der Waals surface area contributed by atoms with Crippen molar-refractivity contribution in [1.29, 1.82) is 0 Å². The third-order valence-corrected chi connectivity index (χ3v) is 3.37. The highest BCUT2D eigenvalue weighted by Gasteiger charge is 2.16. The van der Waals surface area contributed by atoms with E-state index in [1.807, 2.05) is 0 Å². The molecule has 128 valence electrons. The van der Waals surface area contributed by atoms with Gasteiger partial charge in [-0.2, -0.15) is 8.78 Å². The van der Waals surface area contributed by atoms with E-state index in [0.29, 0.717) is 11.5 Å². The zero-order valence-corrected chi connectivity index (χ0v) is 13.4. The molecule has 2 rings (SSSR count). The monoisotopic (exact) mass is 337 g/mol. The Bertz CT molecular complexity index is 709. The summed E-state index contributed by atoms with van der Waals surface area (Å²) in [5, 5.41) is 2.55. The summed E-state index contributed by atoms with van der Waals surface area (Å²) < 4.78 is 39.7. The molecule has 0 fully saturated rings. The van der Waals surface area contributed by atoms with Crippen LogP contribution in [0.2, 0.25) is 0 Å². The SMILES string of the molecule is COc1cc(C(=O)Nc2ccccc2OC(F)F)cc(OC)c1C. The molecule has 0 radical (unpaired) electrons. The highest BCUT2D eigenvalue weighted by Crippen LogP contribution is 2.31. The largest absolute Gasteiger partial charge is 0.496 e. The smallest absolute Gasteiger partial charge is 0.387 e. The summed E-state index contributed by atoms with van der Waals surface area (Å²) in [5.74, 6) is 0.344. The van der Waals surface area contributed by atoms with Crippen LogP contribution in [0, 0.1) is 6.92 Å². The fourth-order valence-electron chi connectivity index (χ4n) is 2.18. The fraction of sp³-hybridized carbons (Fsp3) is 0.235. The quantitative estimate of drug-likeness (QED) is 0.869. The van der Waals surface area contributed by atoms with Crippen molar-refractivity contribution in [3.8, 4) is 17.2 Å². The van der Waals surface area contributed by atoms with E-state index >= 15 is 0 Å². The van der Waals surface area contributed by atoms with Crippen LogP contribution >= 0.6 is 0 Å². The van der Waals surface area contributed by atoms with Crippen LogP contribution in [0.3, 0.4) is 0 Å². The lowest BCUT2D eigenvalue weighted by Crippen LogP contribution is -2.14. The van der Waals surface area contributed by atoms with Gasteiger partial charge in [-0.1, -0.05) is 12.1 Å². The average molecular weight is 337 g/mol. The topological polar surface area (TPSA) is 56.8 Å². The molecule has 0 aliphatic heterocycles. The summed E-state index contributed by atoms with van der Waals surface area (Å²) in [6.07, 6.45) is 0. The van der Waals surface area contributed by atoms with E-state index in [9.17, 15) is 13.6 Å². The fourth-order valence-corrected chi connectivity index (χ4v) is 2.18. The van der Waals surface area contributed by atoms with E-state index in [1.54, 1.807) is 25.1 Å². The highest BCUT2D eigenvalue weighted by molar-refractivity contribution is 6.05. The van der Waals surface area contributed by atoms with E-state index in [2.05, 4.69) is 10.1 Å². The molecule has 2 aromatic carbocycles. The number of amides is 1. The second-order valence-electron chi connectivity index (χ2n) is 4.83. The second-order valence-corrected chi connectivity index (χ2v) is 4.83. The van der Waals surface area contributed by atoms with Crippen molar-refractivity contribution in [2.45, 2.75) is 13.5 Å². The number of nitrogens with one attached hydrogen (secondary N) is 1. The van der Waals surface area contributed by atoms with Crippen LogP contribution in [0.4, 0.5) is 14.5 Å². The van der Waals surface area contributed by atoms with Gasteiger partial charge >= 0.3 is 6.61 Å². The molecule has 0 bridgehead atoms. The number of ether oxygens (including phenoxy) is 3. The highest BCUT2D eigenvalue weighted by atomic mass is 19.3. The van der Waals surface area contributed by atoms with E-state index in [-0.39, 0.29) is 17.0 Å². The van der Waals surface area contributed by atoms with Crippen molar-refractivity contribution in [3.05, 3.63) is 47.5 Å². The standard InChI is InChI=1S/C17H17F2NO4/c1-10-14(22-2)8-11(9-15(10)23-3)16(21)20-12-6-4-5-7-13(12)24-17(18)19/h4-9,17H,1-3H3,(H,20,21). The molecule has 5 nitrogen and oxygen atoms in total. The summed E-state index contributed by atoms with van der Waals surface area (Å²) in [6.45, 7) is -1.19. The first-order valence-electron chi connectivity index (χ1n) is 7.04. The minimum absolute atomic E-state index is 0.119. The number of rotatable bonds is 6. The lowest BCUT2D eigenvalue weighted by molar-refractivity contribution is -0.0493. The molecular weight excluding hydrogens is 320 g/mol. The summed E-state index contributed by atoms with van der Waals surface area (Å²) in [6, 6.07) is 9.04. The van der Waals surface area contributed by atoms with Gasteiger partial charge in [0.05, 0.1) is 19.9 Å². The van der Waals surface area contributed by atoms with E-state index < -0.39 is 12.5 Å². The van der Waals surface area contributed by atoms with Crippen LogP contribution in [0.25, 0.3) is 0 Å². The number of para-hydroxylation sites is 2. The number of carbonyl (C=O) groups is 1. The summed E-state index contributed by atoms with van der Waals surface area (Å²) in [5.41, 5.74) is 1.15. The molecule has 0 heterocycles. The maximum atomic E-state index is 12.4. The Morgan fingerprint density at radius 2 is 1.62 bits per heavy atom. The third-order valence-electron chi connectivity index (χ3n) is 3.37. The number of anilines is 1. The lowest BCUT2D eigenvalue weighted by Gasteiger charge is -2.14. The maximum Gasteiger partial charge on any atom is 0.387 e. The first-order chi connectivity index (χ1) is 11.5. The van der Waals surface area contributed by atoms with E-state index in [1.165, 1.54) is 32.4 Å². The number of halogens is 2. The van der Waals surface area contributed by atoms with Crippen LogP contribution in [-0.4, -0.2) is 26.7 Å². The number of methoxy groups -OCH3 is 2. The molecule has 0 aromatic heterocycles. The van der Waals surface area contributed by atoms with Gasteiger partial charge in [0, 0.05) is 11.1 Å². The Kier molecular flexibility index (Phi) is 5.57. The van der Waals surface area contributed by atoms with E-state index in [0.717, 1.165) is 5.56 Å². The number of carbonyl (C=O) groups excluding carboxylic acids is 1. The van der Waals surface area contributed by atoms with Gasteiger partial charge in [0.1, 0.15) is 17.2 Å². The number of alkyl halides is 2. The van der Waals surface area contributed by atoms with Crippen LogP contribution in [0.5, 0.6) is 17.2 Å². The molecule has 0 saturated heterocycles. The Balaban J connectivity index is 2.31. The van der Waals surface area contributed by atoms with Gasteiger partial charge < -0.3 is 19.5 Å². The summed E-state index contributed by atoms with van der Waals surface area (Å²) >= 11 is 0. The van der Waals surface area contributed by atoms with Gasteiger partial charge in [-0.15, -0.1) is 0 Å². The molecular formula is C17H17F2NO4. The molecule has 7 heteroatoms. The van der Waals surface area contributed by atoms with Crippen LogP contribution < -0.4 is 19.5 Å². The maximum absolute atomic E-state index is 12.4. The van der Waals surface area contributed by atoms with Crippen molar-refractivity contribution >= 4 is 11.6 Å². The minimum atomic E-state index is -2.98. The molecule has 2 aromatic rings. The average Bonchev–Trinajstić information content (AvgIpc) is 2.56. The van der Waals surface area contributed by atoms with Gasteiger partial charge in [0.15, 0.2) is 0 Å². The Morgan fingerprint density at radius 3 is 2.17 bits per heavy atom. The third kappa shape index (κ3) is 3.92. The molecule has 0 spiro atoms. The Labute approximate surface area is 138 Å². The normalized spacial score (nSPS) is 10.4. The van der Waals surface area contributed by atoms with E-state index in [4.69, 9.17) is 9.47 Å². The Hall–Kier alpha value is -2.83. The first-order valence-corrected chi connectivity index (χ1v) is 7.04. The van der Waals surface area contributed by atoms with Crippen LogP contribution in [0.15, 0.2) is 36.4 Å². The van der Waals surface area contributed by atoms with Gasteiger partial charge in [0.25, 0.3) is 5.91 Å². The van der Waals surface area contributed by atoms with Crippen molar-refractivity contribution in [2.75, 3.05) is 19.5 Å². The molecule has 0 aliphatic carbocycles. The van der Waals surface area contributed by atoms with Gasteiger partial charge in [0.2, 0.25) is 0 Å². The molecule has 0 atom stereocenters. The molecule has 1 amide bonds. The second kappa shape index (κ2) is 7.63. The zero-order valence-electron chi connectivity index (χ0n) is 13.4. The van der Waals surface area contributed by atoms with Gasteiger partial charge in [-0.25, -0.2) is 0 Å². The number of hydrogen-bond donors (Lipinski definition) is 1. The molecule has 24 heavy (non-hydrogen) atoms. The van der Waals surface area contributed by atoms with Gasteiger partial charge in [-0.05, 0) is 31.2 Å². The zero-order chi connectivity index (χ0) is 17.7. The lowest BCUT2D eigenvalue weighted by atomic mass is 10.1. The summed E-state index contributed by atoms with van der Waals surface area (Å²) in [4.78, 5) is 12.4. The summed E-state index contributed by atoms with van der Waals surface area (Å²) in [7, 11) is 2.96. The minimum Gasteiger partial charge on any atom is -0.496 e. The number of benzene rings is 2. The molecule has 0 unspecified atom stereocenters. The number of hydrogen-bond acceptors (Lipinski definition) is 4. The van der Waals surface area contributed by atoms with Crippen molar-refractivity contribution in [1.82, 2.24) is 0 Å². The molecule has 0 aliphatic rings. The predicted octanol–water partition coefficient (Wildman–Crippen LogP) is 3.87. The van der Waals surface area contributed by atoms with Crippen LogP contribution in [0.1, 0.15) is 15.9 Å². The van der Waals surface area contributed by atoms with Crippen molar-refractivity contribution in [2.24, 2.45) is 0 Å². The molecule has 1 N–H and O–H groups in total. The van der Waals surface area contributed by atoms with Crippen LogP contribution in [-0.2, 0) is 0 Å². The predicted molar refractivity (Wildman–Crippen MR) is 85.3 cm³/mol. The first kappa shape index (κ1) is 17.5. The van der Waals surface area contributed by atoms with Gasteiger partial charge in [-0.3, -0.25) is 4.79 Å². The Morgan fingerprint density at radius 1 is 1.04 bits per heavy atom.